The number of nitrogens with zero attached hydrogens (tertiary/aromatic N) is 1. The summed E-state index contributed by atoms with van der Waals surface area (Å²) in [5.41, 5.74) is 2.23. The lowest BCUT2D eigenvalue weighted by atomic mass is 10.00. The maximum atomic E-state index is 10.2. The van der Waals surface area contributed by atoms with Crippen molar-refractivity contribution in [3.63, 3.8) is 0 Å². The summed E-state index contributed by atoms with van der Waals surface area (Å²) in [7, 11) is 0. The summed E-state index contributed by atoms with van der Waals surface area (Å²) in [5, 5.41) is 31.6. The number of aromatic nitrogens is 1. The predicted octanol–water partition coefficient (Wildman–Crippen LogP) is 5.18. The van der Waals surface area contributed by atoms with Crippen LogP contribution in [0.15, 0.2) is 70.7 Å². The molecule has 1 aliphatic carbocycles. The van der Waals surface area contributed by atoms with E-state index >= 15 is 0 Å². The second kappa shape index (κ2) is 6.11. The molecule has 0 unspecified atom stereocenters. The van der Waals surface area contributed by atoms with Crippen molar-refractivity contribution >= 4 is 16.3 Å². The van der Waals surface area contributed by atoms with Gasteiger partial charge in [-0.3, -0.25) is 0 Å². The van der Waals surface area contributed by atoms with E-state index in [4.69, 9.17) is 4.42 Å². The maximum Gasteiger partial charge on any atom is 0.227 e. The van der Waals surface area contributed by atoms with Gasteiger partial charge in [0, 0.05) is 5.56 Å². The van der Waals surface area contributed by atoms with Gasteiger partial charge in [-0.1, -0.05) is 18.2 Å². The summed E-state index contributed by atoms with van der Waals surface area (Å²) in [6.45, 7) is 1.97. The van der Waals surface area contributed by atoms with Crippen LogP contribution in [0.25, 0.3) is 27.8 Å². The van der Waals surface area contributed by atoms with Crippen LogP contribution in [0.1, 0.15) is 17.7 Å². The molecule has 0 aliphatic heterocycles. The summed E-state index contributed by atoms with van der Waals surface area (Å²) in [6.07, 6.45) is 7.06. The Morgan fingerprint density at radius 2 is 1.88 bits per heavy atom. The number of fused-ring (bicyclic) bond motifs is 1. The molecular formula is C21H17NO4. The second-order valence-corrected chi connectivity index (χ2v) is 6.18. The highest BCUT2D eigenvalue weighted by molar-refractivity contribution is 5.97. The van der Waals surface area contributed by atoms with Gasteiger partial charge in [-0.2, -0.15) is 0 Å². The summed E-state index contributed by atoms with van der Waals surface area (Å²) in [5.74, 6) is 0.539. The van der Waals surface area contributed by atoms with Crippen LogP contribution in [-0.2, 0) is 0 Å². The minimum atomic E-state index is -0.236. The molecule has 0 fully saturated rings. The number of aliphatic hydroxyl groups is 2. The van der Waals surface area contributed by atoms with Gasteiger partial charge in [0.15, 0.2) is 17.3 Å². The lowest BCUT2D eigenvalue weighted by Crippen LogP contribution is -1.91. The fourth-order valence-electron chi connectivity index (χ4n) is 3.09. The van der Waals surface area contributed by atoms with Crippen molar-refractivity contribution in [1.82, 2.24) is 4.98 Å². The first-order chi connectivity index (χ1) is 12.5. The maximum absolute atomic E-state index is 10.2. The first kappa shape index (κ1) is 16.0. The highest BCUT2D eigenvalue weighted by atomic mass is 16.4. The molecule has 1 heterocycles. The first-order valence-electron chi connectivity index (χ1n) is 8.23. The number of hydrogen-bond donors (Lipinski definition) is 3. The molecule has 2 aromatic carbocycles. The van der Waals surface area contributed by atoms with Gasteiger partial charge in [0.25, 0.3) is 0 Å². The summed E-state index contributed by atoms with van der Waals surface area (Å²) in [4.78, 5) is 4.35. The average molecular weight is 347 g/mol. The van der Waals surface area contributed by atoms with Gasteiger partial charge in [0.1, 0.15) is 5.75 Å². The van der Waals surface area contributed by atoms with Crippen molar-refractivity contribution in [2.24, 2.45) is 0 Å². The van der Waals surface area contributed by atoms with Crippen molar-refractivity contribution in [2.75, 3.05) is 0 Å². The van der Waals surface area contributed by atoms with Crippen molar-refractivity contribution in [3.8, 4) is 17.2 Å². The fourth-order valence-corrected chi connectivity index (χ4v) is 3.09. The monoisotopic (exact) mass is 347 g/mol. The van der Waals surface area contributed by atoms with E-state index in [1.165, 1.54) is 12.3 Å². The molecule has 0 amide bonds. The third-order valence-electron chi connectivity index (χ3n) is 4.45. The van der Waals surface area contributed by atoms with E-state index in [1.54, 1.807) is 24.3 Å². The Morgan fingerprint density at radius 1 is 1.04 bits per heavy atom. The van der Waals surface area contributed by atoms with Gasteiger partial charge in [-0.15, -0.1) is 0 Å². The van der Waals surface area contributed by atoms with Crippen LogP contribution in [0.3, 0.4) is 0 Å². The number of aromatic hydroxyl groups is 1. The molecule has 1 aliphatic rings. The van der Waals surface area contributed by atoms with Crippen molar-refractivity contribution in [2.45, 2.75) is 13.3 Å². The number of oxazole rings is 1. The molecule has 0 saturated heterocycles. The number of hydrogen-bond acceptors (Lipinski definition) is 5. The SMILES string of the molecule is Cc1ccc(-c2ncc(C3=CCC=CC(O)=C3O)o2)c2ccc(O)cc12. The Kier molecular flexibility index (Phi) is 3.77. The molecular weight excluding hydrogens is 330 g/mol. The molecule has 0 bridgehead atoms. The number of aliphatic hydroxyl groups excluding tert-OH is 2. The lowest BCUT2D eigenvalue weighted by Gasteiger charge is -2.07. The molecule has 1 aromatic heterocycles. The zero-order chi connectivity index (χ0) is 18.3. The van der Waals surface area contributed by atoms with Crippen LogP contribution >= 0.6 is 0 Å². The smallest absolute Gasteiger partial charge is 0.227 e. The van der Waals surface area contributed by atoms with E-state index in [9.17, 15) is 15.3 Å². The van der Waals surface area contributed by atoms with Gasteiger partial charge in [0.05, 0.1) is 11.8 Å². The summed E-state index contributed by atoms with van der Waals surface area (Å²) in [6, 6.07) is 9.03. The van der Waals surface area contributed by atoms with Crippen molar-refractivity contribution < 1.29 is 19.7 Å². The Labute approximate surface area is 149 Å². The normalized spacial score (nSPS) is 14.6. The van der Waals surface area contributed by atoms with E-state index in [-0.39, 0.29) is 17.3 Å². The summed E-state index contributed by atoms with van der Waals surface area (Å²) >= 11 is 0. The number of aryl methyl sites for hydroxylation is 1. The van der Waals surface area contributed by atoms with Gasteiger partial charge in [-0.05, 0) is 60.0 Å². The van der Waals surface area contributed by atoms with Crippen molar-refractivity contribution in [1.29, 1.82) is 0 Å². The highest BCUT2D eigenvalue weighted by Gasteiger charge is 2.18. The third-order valence-corrected chi connectivity index (χ3v) is 4.45. The van der Waals surface area contributed by atoms with Gasteiger partial charge in [-0.25, -0.2) is 4.98 Å². The number of allylic oxidation sites excluding steroid dienone is 4. The first-order valence-corrected chi connectivity index (χ1v) is 8.23. The molecule has 4 rings (SSSR count). The zero-order valence-corrected chi connectivity index (χ0v) is 14.1. The van der Waals surface area contributed by atoms with Crippen LogP contribution in [-0.4, -0.2) is 20.3 Å². The molecule has 130 valence electrons. The van der Waals surface area contributed by atoms with Gasteiger partial charge in [0.2, 0.25) is 5.89 Å². The fraction of sp³-hybridized carbons (Fsp3) is 0.0952. The zero-order valence-electron chi connectivity index (χ0n) is 14.1. The molecule has 0 spiro atoms. The van der Waals surface area contributed by atoms with Crippen LogP contribution in [0, 0.1) is 6.92 Å². The van der Waals surface area contributed by atoms with Gasteiger partial charge < -0.3 is 19.7 Å². The van der Waals surface area contributed by atoms with E-state index in [1.807, 2.05) is 25.1 Å². The quantitative estimate of drug-likeness (QED) is 0.594. The largest absolute Gasteiger partial charge is 0.508 e. The standard InChI is InChI=1S/C21H17NO4/c1-12-6-8-15(14-9-7-13(23)10-17(12)14)21-22-11-19(26-21)16-4-2-3-5-18(24)20(16)25/h3-11,23-25H,2H2,1H3. The van der Waals surface area contributed by atoms with E-state index in [0.717, 1.165) is 21.9 Å². The van der Waals surface area contributed by atoms with Crippen LogP contribution in [0.2, 0.25) is 0 Å². The number of phenolic OH excluding ortho intramolecular Hbond substituents is 1. The van der Waals surface area contributed by atoms with Crippen LogP contribution < -0.4 is 0 Å². The molecule has 5 heteroatoms. The molecule has 0 saturated carbocycles. The topological polar surface area (TPSA) is 86.7 Å². The Morgan fingerprint density at radius 3 is 2.73 bits per heavy atom. The molecule has 5 nitrogen and oxygen atoms in total. The molecule has 0 radical (unpaired) electrons. The minimum Gasteiger partial charge on any atom is -0.508 e. The van der Waals surface area contributed by atoms with E-state index < -0.39 is 0 Å². The van der Waals surface area contributed by atoms with Crippen LogP contribution in [0.4, 0.5) is 0 Å². The second-order valence-electron chi connectivity index (χ2n) is 6.18. The Balaban J connectivity index is 1.83. The Bertz CT molecular complexity index is 1100. The van der Waals surface area contributed by atoms with Crippen molar-refractivity contribution in [3.05, 3.63) is 77.6 Å². The average Bonchev–Trinajstić information content (AvgIpc) is 3.04. The lowest BCUT2D eigenvalue weighted by molar-refractivity contribution is 0.354. The van der Waals surface area contributed by atoms with E-state index in [2.05, 4.69) is 4.98 Å². The summed E-state index contributed by atoms with van der Waals surface area (Å²) < 4.78 is 5.89. The Hall–Kier alpha value is -3.47. The van der Waals surface area contributed by atoms with Gasteiger partial charge >= 0.3 is 0 Å². The molecule has 3 aromatic rings. The van der Waals surface area contributed by atoms with E-state index in [0.29, 0.717) is 23.6 Å². The van der Waals surface area contributed by atoms with Crippen LogP contribution in [0.5, 0.6) is 5.75 Å². The highest BCUT2D eigenvalue weighted by Crippen LogP contribution is 2.34. The number of benzene rings is 2. The molecule has 26 heavy (non-hydrogen) atoms. The number of rotatable bonds is 2. The number of phenols is 1. The minimum absolute atomic E-state index is 0.201. The third kappa shape index (κ3) is 2.63. The predicted molar refractivity (Wildman–Crippen MR) is 99.9 cm³/mol. The molecule has 3 N–H and O–H groups in total. The molecule has 0 atom stereocenters.